The molecule has 0 unspecified atom stereocenters. The van der Waals surface area contributed by atoms with Crippen LogP contribution in [0.2, 0.25) is 5.02 Å². The molecule has 0 fully saturated rings. The van der Waals surface area contributed by atoms with Crippen molar-refractivity contribution in [2.75, 3.05) is 0 Å². The average molecular weight is 315 g/mol. The second kappa shape index (κ2) is 6.36. The second-order valence-electron chi connectivity index (χ2n) is 4.40. The van der Waals surface area contributed by atoms with Crippen molar-refractivity contribution in [1.82, 2.24) is 20.5 Å². The molecule has 22 heavy (non-hydrogen) atoms. The Morgan fingerprint density at radius 3 is 2.68 bits per heavy atom. The minimum Gasteiger partial charge on any atom is -0.419 e. The van der Waals surface area contributed by atoms with E-state index in [-0.39, 0.29) is 12.5 Å². The summed E-state index contributed by atoms with van der Waals surface area (Å²) in [5, 5.41) is 11.1. The molecule has 2 heterocycles. The summed E-state index contributed by atoms with van der Waals surface area (Å²) in [5.41, 5.74) is 1.17. The van der Waals surface area contributed by atoms with Crippen LogP contribution in [0.5, 0.6) is 0 Å². The summed E-state index contributed by atoms with van der Waals surface area (Å²) in [6, 6.07) is 10.4. The highest BCUT2D eigenvalue weighted by Gasteiger charge is 2.12. The third kappa shape index (κ3) is 3.12. The van der Waals surface area contributed by atoms with E-state index in [2.05, 4.69) is 20.5 Å². The van der Waals surface area contributed by atoms with Crippen molar-refractivity contribution >= 4 is 17.5 Å². The highest BCUT2D eigenvalue weighted by Crippen LogP contribution is 2.26. The maximum atomic E-state index is 11.9. The number of hydrogen-bond donors (Lipinski definition) is 1. The van der Waals surface area contributed by atoms with Crippen LogP contribution in [-0.4, -0.2) is 21.1 Å². The lowest BCUT2D eigenvalue weighted by Crippen LogP contribution is -2.22. The summed E-state index contributed by atoms with van der Waals surface area (Å²) in [4.78, 5) is 15.8. The molecule has 1 aromatic carbocycles. The van der Waals surface area contributed by atoms with Crippen molar-refractivity contribution in [2.24, 2.45) is 0 Å². The molecule has 6 nitrogen and oxygen atoms in total. The SMILES string of the molecule is O=C(NCc1nnc(-c2ccccc2Cl)o1)c1ccncc1. The maximum absolute atomic E-state index is 11.9. The van der Waals surface area contributed by atoms with Crippen LogP contribution >= 0.6 is 11.6 Å². The lowest BCUT2D eigenvalue weighted by Gasteiger charge is -2.01. The Balaban J connectivity index is 1.68. The zero-order valence-electron chi connectivity index (χ0n) is 11.4. The van der Waals surface area contributed by atoms with Crippen LogP contribution in [0.25, 0.3) is 11.5 Å². The molecule has 0 bridgehead atoms. The normalized spacial score (nSPS) is 10.4. The number of halogens is 1. The number of carbonyl (C=O) groups excluding carboxylic acids is 1. The van der Waals surface area contributed by atoms with E-state index in [1.165, 1.54) is 0 Å². The number of amides is 1. The minimum atomic E-state index is -0.236. The summed E-state index contributed by atoms with van der Waals surface area (Å²) < 4.78 is 5.50. The minimum absolute atomic E-state index is 0.138. The molecule has 3 rings (SSSR count). The molecule has 7 heteroatoms. The van der Waals surface area contributed by atoms with Crippen LogP contribution in [0.1, 0.15) is 16.2 Å². The van der Waals surface area contributed by atoms with E-state index in [4.69, 9.17) is 16.0 Å². The monoisotopic (exact) mass is 314 g/mol. The average Bonchev–Trinajstić information content (AvgIpc) is 3.02. The summed E-state index contributed by atoms with van der Waals surface area (Å²) in [6.07, 6.45) is 3.11. The zero-order valence-corrected chi connectivity index (χ0v) is 12.1. The van der Waals surface area contributed by atoms with Crippen LogP contribution in [0.15, 0.2) is 53.2 Å². The molecule has 0 aliphatic rings. The highest BCUT2D eigenvalue weighted by molar-refractivity contribution is 6.33. The molecule has 0 spiro atoms. The topological polar surface area (TPSA) is 80.9 Å². The van der Waals surface area contributed by atoms with Gasteiger partial charge in [0, 0.05) is 18.0 Å². The highest BCUT2D eigenvalue weighted by atomic mass is 35.5. The van der Waals surface area contributed by atoms with Gasteiger partial charge in [-0.1, -0.05) is 23.7 Å². The Morgan fingerprint density at radius 2 is 1.91 bits per heavy atom. The summed E-state index contributed by atoms with van der Waals surface area (Å²) in [7, 11) is 0. The first-order chi connectivity index (χ1) is 10.7. The van der Waals surface area contributed by atoms with Crippen molar-refractivity contribution in [1.29, 1.82) is 0 Å². The van der Waals surface area contributed by atoms with Gasteiger partial charge >= 0.3 is 0 Å². The van der Waals surface area contributed by atoms with Gasteiger partial charge in [0.05, 0.1) is 17.1 Å². The number of nitrogens with one attached hydrogen (secondary N) is 1. The van der Waals surface area contributed by atoms with Crippen LogP contribution in [0, 0.1) is 0 Å². The first-order valence-corrected chi connectivity index (χ1v) is 6.87. The molecule has 0 saturated carbocycles. The molecule has 1 N–H and O–H groups in total. The van der Waals surface area contributed by atoms with Gasteiger partial charge in [-0.15, -0.1) is 10.2 Å². The predicted octanol–water partition coefficient (Wildman–Crippen LogP) is 2.72. The molecule has 0 radical (unpaired) electrons. The van der Waals surface area contributed by atoms with E-state index in [0.717, 1.165) is 0 Å². The van der Waals surface area contributed by atoms with E-state index in [9.17, 15) is 4.79 Å². The smallest absolute Gasteiger partial charge is 0.251 e. The van der Waals surface area contributed by atoms with E-state index in [0.29, 0.717) is 27.9 Å². The van der Waals surface area contributed by atoms with Crippen molar-refractivity contribution in [3.05, 3.63) is 65.3 Å². The Kier molecular flexibility index (Phi) is 4.11. The van der Waals surface area contributed by atoms with Crippen molar-refractivity contribution < 1.29 is 9.21 Å². The van der Waals surface area contributed by atoms with Crippen LogP contribution < -0.4 is 5.32 Å². The van der Waals surface area contributed by atoms with Gasteiger partial charge in [0.2, 0.25) is 11.8 Å². The molecule has 0 aliphatic heterocycles. The zero-order chi connectivity index (χ0) is 15.4. The number of pyridine rings is 1. The van der Waals surface area contributed by atoms with Crippen LogP contribution in [0.4, 0.5) is 0 Å². The van der Waals surface area contributed by atoms with Crippen LogP contribution in [-0.2, 0) is 6.54 Å². The Bertz CT molecular complexity index is 789. The molecule has 3 aromatic rings. The molecule has 110 valence electrons. The second-order valence-corrected chi connectivity index (χ2v) is 4.81. The van der Waals surface area contributed by atoms with Gasteiger partial charge in [-0.2, -0.15) is 0 Å². The number of hydrogen-bond acceptors (Lipinski definition) is 5. The quantitative estimate of drug-likeness (QED) is 0.800. The number of nitrogens with zero attached hydrogens (tertiary/aromatic N) is 3. The largest absolute Gasteiger partial charge is 0.419 e. The molecular weight excluding hydrogens is 304 g/mol. The van der Waals surface area contributed by atoms with Crippen LogP contribution in [0.3, 0.4) is 0 Å². The molecule has 2 aromatic heterocycles. The van der Waals surface area contributed by atoms with E-state index < -0.39 is 0 Å². The fourth-order valence-corrected chi connectivity index (χ4v) is 2.05. The molecular formula is C15H11ClN4O2. The molecule has 0 saturated heterocycles. The number of benzene rings is 1. The Morgan fingerprint density at radius 1 is 1.14 bits per heavy atom. The van der Waals surface area contributed by atoms with Gasteiger partial charge in [0.25, 0.3) is 5.91 Å². The molecule has 1 amide bonds. The number of rotatable bonds is 4. The number of aromatic nitrogens is 3. The summed E-state index contributed by atoms with van der Waals surface area (Å²) >= 11 is 6.07. The van der Waals surface area contributed by atoms with E-state index in [1.54, 1.807) is 36.7 Å². The van der Waals surface area contributed by atoms with Gasteiger partial charge in [0.15, 0.2) is 0 Å². The molecule has 0 atom stereocenters. The fourth-order valence-electron chi connectivity index (χ4n) is 1.83. The van der Waals surface area contributed by atoms with Gasteiger partial charge in [-0.25, -0.2) is 0 Å². The van der Waals surface area contributed by atoms with E-state index in [1.807, 2.05) is 12.1 Å². The summed E-state index contributed by atoms with van der Waals surface area (Å²) in [6.45, 7) is 0.138. The van der Waals surface area contributed by atoms with Gasteiger partial charge in [-0.05, 0) is 24.3 Å². The Hall–Kier alpha value is -2.73. The van der Waals surface area contributed by atoms with Crippen molar-refractivity contribution in [3.8, 4) is 11.5 Å². The first-order valence-electron chi connectivity index (χ1n) is 6.49. The lowest BCUT2D eigenvalue weighted by atomic mass is 10.2. The van der Waals surface area contributed by atoms with Gasteiger partial charge in [0.1, 0.15) is 0 Å². The fraction of sp³-hybridized carbons (Fsp3) is 0.0667. The Labute approximate surface area is 131 Å². The molecule has 0 aliphatic carbocycles. The summed E-state index contributed by atoms with van der Waals surface area (Å²) in [5.74, 6) is 0.385. The van der Waals surface area contributed by atoms with Crippen molar-refractivity contribution in [2.45, 2.75) is 6.54 Å². The third-order valence-electron chi connectivity index (χ3n) is 2.91. The lowest BCUT2D eigenvalue weighted by molar-refractivity contribution is 0.0947. The standard InChI is InChI=1S/C15H11ClN4O2/c16-12-4-2-1-3-11(12)15-20-19-13(22-15)9-18-14(21)10-5-7-17-8-6-10/h1-8H,9H2,(H,18,21). The third-order valence-corrected chi connectivity index (χ3v) is 3.24. The van der Waals surface area contributed by atoms with Crippen molar-refractivity contribution in [3.63, 3.8) is 0 Å². The first kappa shape index (κ1) is 14.2. The predicted molar refractivity (Wildman–Crippen MR) is 80.2 cm³/mol. The van der Waals surface area contributed by atoms with Gasteiger partial charge < -0.3 is 9.73 Å². The number of carbonyl (C=O) groups is 1. The van der Waals surface area contributed by atoms with Gasteiger partial charge in [-0.3, -0.25) is 9.78 Å². The van der Waals surface area contributed by atoms with E-state index >= 15 is 0 Å². The maximum Gasteiger partial charge on any atom is 0.251 e.